The lowest BCUT2D eigenvalue weighted by Crippen LogP contribution is -2.22. The van der Waals surface area contributed by atoms with Crippen molar-refractivity contribution in [2.24, 2.45) is 4.99 Å². The number of benzene rings is 1. The van der Waals surface area contributed by atoms with Gasteiger partial charge in [0, 0.05) is 32.3 Å². The topological polar surface area (TPSA) is 76.4 Å². The first-order chi connectivity index (χ1) is 15.4. The van der Waals surface area contributed by atoms with E-state index in [1.54, 1.807) is 21.0 Å². The molecule has 0 aliphatic carbocycles. The van der Waals surface area contributed by atoms with Crippen LogP contribution in [-0.4, -0.2) is 41.3 Å². The Hall–Kier alpha value is -3.14. The molecule has 0 saturated heterocycles. The van der Waals surface area contributed by atoms with Gasteiger partial charge in [0.05, 0.1) is 29.5 Å². The Kier molecular flexibility index (Phi) is 6.31. The number of rotatable bonds is 7. The molecule has 170 valence electrons. The van der Waals surface area contributed by atoms with Gasteiger partial charge in [0.1, 0.15) is 23.3 Å². The number of nitrogens with one attached hydrogen (secondary N) is 2. The molecule has 0 fully saturated rings. The van der Waals surface area contributed by atoms with Gasteiger partial charge in [0.15, 0.2) is 5.49 Å². The number of methoxy groups -OCH3 is 1. The smallest absolute Gasteiger partial charge is 0.266 e. The molecule has 0 spiro atoms. The predicted molar refractivity (Wildman–Crippen MR) is 116 cm³/mol. The summed E-state index contributed by atoms with van der Waals surface area (Å²) in [6.07, 6.45) is -2.89. The third-order valence-corrected chi connectivity index (χ3v) is 5.40. The molecular weight excluding hydrogens is 421 g/mol. The SMILES string of the molecule is COCCNc1cc2c(=NC(C)c3cccc(C(F)F)c3F)nc(C)nc-2n2c1NCC2. The van der Waals surface area contributed by atoms with Crippen LogP contribution in [-0.2, 0) is 11.3 Å². The molecule has 1 aromatic carbocycles. The third kappa shape index (κ3) is 4.14. The highest BCUT2D eigenvalue weighted by Crippen LogP contribution is 2.33. The molecule has 3 aliphatic heterocycles. The number of hydrogen-bond acceptors (Lipinski definition) is 6. The molecule has 0 radical (unpaired) electrons. The molecule has 32 heavy (non-hydrogen) atoms. The van der Waals surface area contributed by atoms with E-state index in [0.29, 0.717) is 35.9 Å². The van der Waals surface area contributed by atoms with Gasteiger partial charge in [0.2, 0.25) is 0 Å². The number of aromatic nitrogens is 3. The van der Waals surface area contributed by atoms with E-state index in [2.05, 4.69) is 30.2 Å². The van der Waals surface area contributed by atoms with Gasteiger partial charge < -0.3 is 19.9 Å². The van der Waals surface area contributed by atoms with Crippen molar-refractivity contribution in [1.29, 1.82) is 0 Å². The van der Waals surface area contributed by atoms with Gasteiger partial charge in [-0.25, -0.2) is 23.1 Å². The third-order valence-electron chi connectivity index (χ3n) is 5.40. The highest BCUT2D eigenvalue weighted by atomic mass is 19.3. The summed E-state index contributed by atoms with van der Waals surface area (Å²) in [7, 11) is 1.64. The minimum Gasteiger partial charge on any atom is -0.383 e. The number of aryl methyl sites for hydroxylation is 1. The molecule has 7 nitrogen and oxygen atoms in total. The molecule has 4 rings (SSSR count). The van der Waals surface area contributed by atoms with Crippen LogP contribution >= 0.6 is 0 Å². The zero-order valence-corrected chi connectivity index (χ0v) is 18.1. The molecule has 3 aliphatic rings. The van der Waals surface area contributed by atoms with Crippen molar-refractivity contribution in [1.82, 2.24) is 14.5 Å². The van der Waals surface area contributed by atoms with Crippen LogP contribution in [0.1, 0.15) is 36.3 Å². The number of ether oxygens (including phenoxy) is 1. The molecule has 3 heterocycles. The van der Waals surface area contributed by atoms with E-state index in [0.717, 1.165) is 30.7 Å². The van der Waals surface area contributed by atoms with Crippen molar-refractivity contribution in [3.05, 3.63) is 52.5 Å². The van der Waals surface area contributed by atoms with Crippen LogP contribution in [0.3, 0.4) is 0 Å². The average molecular weight is 446 g/mol. The lowest BCUT2D eigenvalue weighted by atomic mass is 10.0. The van der Waals surface area contributed by atoms with Gasteiger partial charge >= 0.3 is 0 Å². The second-order valence-electron chi connectivity index (χ2n) is 7.59. The van der Waals surface area contributed by atoms with E-state index in [9.17, 15) is 13.2 Å². The maximum Gasteiger partial charge on any atom is 0.266 e. The first-order valence-electron chi connectivity index (χ1n) is 10.4. The van der Waals surface area contributed by atoms with Gasteiger partial charge in [-0.2, -0.15) is 0 Å². The fourth-order valence-electron chi connectivity index (χ4n) is 3.88. The largest absolute Gasteiger partial charge is 0.383 e. The monoisotopic (exact) mass is 446 g/mol. The maximum absolute atomic E-state index is 14.7. The summed E-state index contributed by atoms with van der Waals surface area (Å²) >= 11 is 0. The van der Waals surface area contributed by atoms with E-state index < -0.39 is 23.8 Å². The number of halogens is 3. The van der Waals surface area contributed by atoms with Gasteiger partial charge in [0.25, 0.3) is 6.43 Å². The second-order valence-corrected chi connectivity index (χ2v) is 7.59. The normalized spacial score (nSPS) is 14.7. The zero-order chi connectivity index (χ0) is 22.8. The summed E-state index contributed by atoms with van der Waals surface area (Å²) in [5, 5.41) is 6.71. The summed E-state index contributed by atoms with van der Waals surface area (Å²) in [4.78, 5) is 13.7. The summed E-state index contributed by atoms with van der Waals surface area (Å²) in [5.74, 6) is 1.21. The van der Waals surface area contributed by atoms with E-state index in [1.165, 1.54) is 12.1 Å². The van der Waals surface area contributed by atoms with Crippen molar-refractivity contribution in [3.63, 3.8) is 0 Å². The van der Waals surface area contributed by atoms with Gasteiger partial charge in [-0.1, -0.05) is 18.2 Å². The quantitative estimate of drug-likeness (QED) is 0.538. The number of hydrogen-bond donors (Lipinski definition) is 2. The molecule has 10 heteroatoms. The van der Waals surface area contributed by atoms with Crippen LogP contribution in [0.15, 0.2) is 29.3 Å². The molecule has 2 N–H and O–H groups in total. The number of anilines is 2. The molecule has 0 amide bonds. The van der Waals surface area contributed by atoms with E-state index in [4.69, 9.17) is 4.74 Å². The van der Waals surface area contributed by atoms with Gasteiger partial charge in [-0.3, -0.25) is 4.99 Å². The molecule has 1 aromatic rings. The first-order valence-corrected chi connectivity index (χ1v) is 10.4. The van der Waals surface area contributed by atoms with Crippen LogP contribution in [0.2, 0.25) is 0 Å². The summed E-state index contributed by atoms with van der Waals surface area (Å²) in [5.41, 5.74) is 1.41. The van der Waals surface area contributed by atoms with Crippen molar-refractivity contribution >= 4 is 11.5 Å². The second kappa shape index (κ2) is 9.15. The number of pyridine rings is 1. The molecular formula is C22H25F3N6O. The van der Waals surface area contributed by atoms with E-state index in [-0.39, 0.29) is 5.56 Å². The fourth-order valence-corrected chi connectivity index (χ4v) is 3.88. The van der Waals surface area contributed by atoms with Crippen molar-refractivity contribution in [3.8, 4) is 11.4 Å². The first kappa shape index (κ1) is 22.1. The van der Waals surface area contributed by atoms with E-state index in [1.807, 2.05) is 6.07 Å². The standard InChI is InChI=1S/C22H25F3N6O/c1-12(14-5-4-6-15(18(14)23)19(24)25)28-20-16-11-17(26-8-10-32-3)22-27-7-9-31(22)21(16)30-13(2)29-20/h4-6,11-12,19,26-27H,7-10H2,1-3H3. The summed E-state index contributed by atoms with van der Waals surface area (Å²) in [6, 6.07) is 5.17. The molecule has 0 aromatic heterocycles. The van der Waals surface area contributed by atoms with E-state index >= 15 is 0 Å². The Bertz CT molecular complexity index is 1160. The molecule has 0 bridgehead atoms. The summed E-state index contributed by atoms with van der Waals surface area (Å²) in [6.45, 7) is 6.06. The van der Waals surface area contributed by atoms with Crippen LogP contribution in [0.25, 0.3) is 11.4 Å². The zero-order valence-electron chi connectivity index (χ0n) is 18.1. The minimum atomic E-state index is -2.89. The maximum atomic E-state index is 14.7. The fraction of sp³-hybridized carbons (Fsp3) is 0.409. The predicted octanol–water partition coefficient (Wildman–Crippen LogP) is 3.91. The minimum absolute atomic E-state index is 0.0983. The Morgan fingerprint density at radius 1 is 1.28 bits per heavy atom. The average Bonchev–Trinajstić information content (AvgIpc) is 3.25. The molecule has 0 saturated carbocycles. The highest BCUT2D eigenvalue weighted by Gasteiger charge is 2.24. The van der Waals surface area contributed by atoms with Crippen LogP contribution in [0.5, 0.6) is 0 Å². The van der Waals surface area contributed by atoms with Crippen molar-refractivity contribution < 1.29 is 17.9 Å². The van der Waals surface area contributed by atoms with Gasteiger partial charge in [-0.05, 0) is 19.9 Å². The Morgan fingerprint density at radius 3 is 2.81 bits per heavy atom. The molecule has 1 unspecified atom stereocenters. The van der Waals surface area contributed by atoms with Gasteiger partial charge in [-0.15, -0.1) is 0 Å². The van der Waals surface area contributed by atoms with Crippen LogP contribution in [0.4, 0.5) is 24.7 Å². The Morgan fingerprint density at radius 2 is 2.06 bits per heavy atom. The summed E-state index contributed by atoms with van der Waals surface area (Å²) < 4.78 is 48.1. The number of nitrogens with zero attached hydrogens (tertiary/aromatic N) is 4. The molecule has 1 atom stereocenters. The van der Waals surface area contributed by atoms with Crippen LogP contribution < -0.4 is 16.1 Å². The highest BCUT2D eigenvalue weighted by molar-refractivity contribution is 5.76. The number of fused-ring (bicyclic) bond motifs is 3. The Balaban J connectivity index is 1.84. The van der Waals surface area contributed by atoms with Crippen LogP contribution in [0, 0.1) is 12.7 Å². The lowest BCUT2D eigenvalue weighted by Gasteiger charge is -2.19. The van der Waals surface area contributed by atoms with Crippen molar-refractivity contribution in [2.45, 2.75) is 32.9 Å². The lowest BCUT2D eigenvalue weighted by molar-refractivity contribution is 0.146. The van der Waals surface area contributed by atoms with Crippen molar-refractivity contribution in [2.75, 3.05) is 37.4 Å². The number of alkyl halides is 2. The Labute approximate surface area is 183 Å².